The molecule has 0 saturated carbocycles. The number of aromatic nitrogens is 3. The van der Waals surface area contributed by atoms with E-state index in [9.17, 15) is 4.79 Å². The second-order valence-electron chi connectivity index (χ2n) is 6.95. The van der Waals surface area contributed by atoms with E-state index >= 15 is 0 Å². The Hall–Kier alpha value is -2.34. The molecule has 6 heteroatoms. The van der Waals surface area contributed by atoms with Gasteiger partial charge in [0.2, 0.25) is 5.91 Å². The van der Waals surface area contributed by atoms with Crippen molar-refractivity contribution in [2.75, 3.05) is 26.2 Å². The Morgan fingerprint density at radius 1 is 1.15 bits per heavy atom. The molecule has 0 aliphatic carbocycles. The molecule has 0 aromatic carbocycles. The molecule has 1 aliphatic heterocycles. The first-order valence-corrected chi connectivity index (χ1v) is 9.31. The van der Waals surface area contributed by atoms with Crippen LogP contribution in [0.15, 0.2) is 36.8 Å². The third-order valence-electron chi connectivity index (χ3n) is 4.83. The lowest BCUT2D eigenvalue weighted by Crippen LogP contribution is -2.34. The average Bonchev–Trinajstić information content (AvgIpc) is 2.85. The fraction of sp³-hybridized carbons (Fsp3) is 0.500. The van der Waals surface area contributed by atoms with Gasteiger partial charge < -0.3 is 4.90 Å². The Balaban J connectivity index is 1.69. The molecule has 1 amide bonds. The summed E-state index contributed by atoms with van der Waals surface area (Å²) in [5.74, 6) is 1.39. The highest BCUT2D eigenvalue weighted by atomic mass is 16.2. The minimum atomic E-state index is 0.147. The van der Waals surface area contributed by atoms with E-state index in [4.69, 9.17) is 0 Å². The maximum Gasteiger partial charge on any atom is 0.219 e. The van der Waals surface area contributed by atoms with E-state index in [0.29, 0.717) is 5.92 Å². The van der Waals surface area contributed by atoms with E-state index in [1.807, 2.05) is 35.6 Å². The predicted octanol–water partition coefficient (Wildman–Crippen LogP) is 1.96. The molecular weight excluding hydrogens is 326 g/mol. The highest BCUT2D eigenvalue weighted by Crippen LogP contribution is 2.16. The zero-order valence-corrected chi connectivity index (χ0v) is 15.6. The molecule has 2 aromatic rings. The van der Waals surface area contributed by atoms with Crippen LogP contribution in [0.4, 0.5) is 0 Å². The van der Waals surface area contributed by atoms with Gasteiger partial charge in [0.05, 0.1) is 0 Å². The van der Waals surface area contributed by atoms with Crippen LogP contribution in [0.25, 0.3) is 0 Å². The molecule has 0 N–H and O–H groups in total. The van der Waals surface area contributed by atoms with Crippen molar-refractivity contribution in [3.63, 3.8) is 0 Å². The molecule has 0 radical (unpaired) electrons. The molecule has 6 nitrogen and oxygen atoms in total. The predicted molar refractivity (Wildman–Crippen MR) is 100 cm³/mol. The van der Waals surface area contributed by atoms with Crippen molar-refractivity contribution >= 4 is 5.91 Å². The first kappa shape index (κ1) is 18.5. The Bertz CT molecular complexity index is 704. The lowest BCUT2D eigenvalue weighted by atomic mass is 10.0. The van der Waals surface area contributed by atoms with E-state index in [1.54, 1.807) is 6.92 Å². The van der Waals surface area contributed by atoms with Gasteiger partial charge in [-0.2, -0.15) is 0 Å². The van der Waals surface area contributed by atoms with Crippen LogP contribution in [0.1, 0.15) is 30.9 Å². The van der Waals surface area contributed by atoms with Gasteiger partial charge in [-0.15, -0.1) is 0 Å². The maximum absolute atomic E-state index is 12.0. The van der Waals surface area contributed by atoms with E-state index in [-0.39, 0.29) is 5.91 Å². The highest BCUT2D eigenvalue weighted by molar-refractivity contribution is 5.73. The van der Waals surface area contributed by atoms with Gasteiger partial charge in [0.15, 0.2) is 0 Å². The van der Waals surface area contributed by atoms with Gasteiger partial charge in [0.1, 0.15) is 5.82 Å². The van der Waals surface area contributed by atoms with Crippen LogP contribution >= 0.6 is 0 Å². The summed E-state index contributed by atoms with van der Waals surface area (Å²) in [7, 11) is 0. The largest absolute Gasteiger partial charge is 0.341 e. The average molecular weight is 353 g/mol. The van der Waals surface area contributed by atoms with Crippen molar-refractivity contribution in [3.8, 4) is 0 Å². The minimum absolute atomic E-state index is 0.147. The topological polar surface area (TPSA) is 62.2 Å². The van der Waals surface area contributed by atoms with Crippen LogP contribution in [0, 0.1) is 5.92 Å². The number of hydrogen-bond acceptors (Lipinski definition) is 5. The van der Waals surface area contributed by atoms with Gasteiger partial charge in [-0.25, -0.2) is 9.97 Å². The Labute approximate surface area is 155 Å². The van der Waals surface area contributed by atoms with Gasteiger partial charge in [0.25, 0.3) is 0 Å². The van der Waals surface area contributed by atoms with E-state index in [1.165, 1.54) is 0 Å². The highest BCUT2D eigenvalue weighted by Gasteiger charge is 2.24. The van der Waals surface area contributed by atoms with Crippen molar-refractivity contribution in [2.24, 2.45) is 5.92 Å². The molecule has 0 bridgehead atoms. The molecule has 2 aromatic heterocycles. The van der Waals surface area contributed by atoms with Crippen molar-refractivity contribution in [2.45, 2.75) is 33.2 Å². The summed E-state index contributed by atoms with van der Waals surface area (Å²) < 4.78 is 0. The maximum atomic E-state index is 12.0. The number of amides is 1. The first-order chi connectivity index (χ1) is 12.6. The molecule has 1 aliphatic rings. The van der Waals surface area contributed by atoms with Crippen LogP contribution in [0.2, 0.25) is 0 Å². The first-order valence-electron chi connectivity index (χ1n) is 9.31. The summed E-state index contributed by atoms with van der Waals surface area (Å²) in [6.07, 6.45) is 7.41. The number of carbonyl (C=O) groups excluding carboxylic acids is 1. The molecule has 1 saturated heterocycles. The fourth-order valence-electron chi connectivity index (χ4n) is 3.46. The van der Waals surface area contributed by atoms with Crippen molar-refractivity contribution in [1.82, 2.24) is 24.8 Å². The number of hydrogen-bond donors (Lipinski definition) is 0. The van der Waals surface area contributed by atoms with Crippen LogP contribution in [0.5, 0.6) is 0 Å². The van der Waals surface area contributed by atoms with E-state index < -0.39 is 0 Å². The van der Waals surface area contributed by atoms with Crippen molar-refractivity contribution in [3.05, 3.63) is 53.9 Å². The zero-order valence-electron chi connectivity index (χ0n) is 15.6. The van der Waals surface area contributed by atoms with E-state index in [0.717, 1.165) is 62.6 Å². The van der Waals surface area contributed by atoms with E-state index in [2.05, 4.69) is 32.8 Å². The molecule has 0 unspecified atom stereocenters. The molecule has 1 fully saturated rings. The van der Waals surface area contributed by atoms with Gasteiger partial charge in [-0.1, -0.05) is 13.0 Å². The number of rotatable bonds is 5. The van der Waals surface area contributed by atoms with Gasteiger partial charge >= 0.3 is 0 Å². The minimum Gasteiger partial charge on any atom is -0.341 e. The number of carbonyl (C=O) groups is 1. The van der Waals surface area contributed by atoms with Crippen LogP contribution in [-0.4, -0.2) is 56.8 Å². The van der Waals surface area contributed by atoms with Crippen molar-refractivity contribution in [1.29, 1.82) is 0 Å². The van der Waals surface area contributed by atoms with Crippen LogP contribution < -0.4 is 0 Å². The third kappa shape index (κ3) is 5.08. The van der Waals surface area contributed by atoms with Crippen LogP contribution in [0.3, 0.4) is 0 Å². The normalized spacial score (nSPS) is 18.5. The lowest BCUT2D eigenvalue weighted by Gasteiger charge is -2.24. The second-order valence-corrected chi connectivity index (χ2v) is 6.95. The Morgan fingerprint density at radius 3 is 2.62 bits per heavy atom. The van der Waals surface area contributed by atoms with Crippen LogP contribution in [-0.2, 0) is 24.2 Å². The summed E-state index contributed by atoms with van der Waals surface area (Å²) in [4.78, 5) is 29.6. The number of pyridine rings is 1. The lowest BCUT2D eigenvalue weighted by molar-refractivity contribution is -0.129. The van der Waals surface area contributed by atoms with Gasteiger partial charge in [-0.05, 0) is 24.5 Å². The molecular formula is C20H27N5O. The SMILES string of the molecule is CCc1ncc(CN2CCN(C(C)=O)C[C@H](Cc3ccccn3)C2)cn1. The summed E-state index contributed by atoms with van der Waals surface area (Å²) in [5, 5.41) is 0. The standard InChI is InChI=1S/C20H27N5O/c1-3-20-22-11-18(12-23-20)14-24-8-9-25(16(2)26)15-17(13-24)10-19-6-4-5-7-21-19/h4-7,11-12,17H,3,8-10,13-15H2,1-2H3/t17-/m1/s1. The van der Waals surface area contributed by atoms with Gasteiger partial charge in [0, 0.05) is 75.9 Å². The Kier molecular flexibility index (Phi) is 6.28. The second kappa shape index (κ2) is 8.85. The third-order valence-corrected chi connectivity index (χ3v) is 4.83. The summed E-state index contributed by atoms with van der Waals surface area (Å²) in [6.45, 7) is 7.89. The molecule has 3 heterocycles. The molecule has 26 heavy (non-hydrogen) atoms. The smallest absolute Gasteiger partial charge is 0.219 e. The molecule has 138 valence electrons. The Morgan fingerprint density at radius 2 is 1.96 bits per heavy atom. The molecule has 1 atom stereocenters. The number of nitrogens with zero attached hydrogens (tertiary/aromatic N) is 5. The summed E-state index contributed by atoms with van der Waals surface area (Å²) >= 11 is 0. The van der Waals surface area contributed by atoms with Crippen molar-refractivity contribution < 1.29 is 4.79 Å². The monoisotopic (exact) mass is 353 g/mol. The number of aryl methyl sites for hydroxylation is 1. The quantitative estimate of drug-likeness (QED) is 0.822. The van der Waals surface area contributed by atoms with Gasteiger partial charge in [-0.3, -0.25) is 14.7 Å². The fourth-order valence-corrected chi connectivity index (χ4v) is 3.46. The molecule has 0 spiro atoms. The zero-order chi connectivity index (χ0) is 18.4. The summed E-state index contributed by atoms with van der Waals surface area (Å²) in [6, 6.07) is 6.02. The summed E-state index contributed by atoms with van der Waals surface area (Å²) in [5.41, 5.74) is 2.20. The molecule has 3 rings (SSSR count).